The molecular formula is C14H15ClFN3. The number of hydrogen-bond acceptors (Lipinski definition) is 3. The van der Waals surface area contributed by atoms with E-state index in [1.54, 1.807) is 12.3 Å². The average molecular weight is 280 g/mol. The van der Waals surface area contributed by atoms with Gasteiger partial charge in [0.05, 0.1) is 6.04 Å². The molecule has 0 aliphatic heterocycles. The van der Waals surface area contributed by atoms with Crippen molar-refractivity contribution in [1.29, 1.82) is 0 Å². The summed E-state index contributed by atoms with van der Waals surface area (Å²) in [6.07, 6.45) is 2.32. The zero-order valence-electron chi connectivity index (χ0n) is 10.5. The highest BCUT2D eigenvalue weighted by molar-refractivity contribution is 6.31. The standard InChI is InChI=1S/C14H15ClFN3/c1-9-6-11(4-5-18-9)14(19-17)7-10-2-3-12(16)8-13(10)15/h2-6,8,14,19H,7,17H2,1H3. The van der Waals surface area contributed by atoms with Crippen LogP contribution in [0.2, 0.25) is 5.02 Å². The lowest BCUT2D eigenvalue weighted by molar-refractivity contribution is 0.550. The Balaban J connectivity index is 2.24. The van der Waals surface area contributed by atoms with Gasteiger partial charge in [0.25, 0.3) is 0 Å². The quantitative estimate of drug-likeness (QED) is 0.668. The molecule has 1 atom stereocenters. The summed E-state index contributed by atoms with van der Waals surface area (Å²) in [7, 11) is 0. The maximum absolute atomic E-state index is 13.0. The molecule has 0 aliphatic carbocycles. The summed E-state index contributed by atoms with van der Waals surface area (Å²) >= 11 is 6.03. The van der Waals surface area contributed by atoms with Crippen molar-refractivity contribution in [3.8, 4) is 0 Å². The van der Waals surface area contributed by atoms with Crippen molar-refractivity contribution in [3.05, 3.63) is 64.2 Å². The van der Waals surface area contributed by atoms with Crippen LogP contribution in [0.1, 0.15) is 22.9 Å². The summed E-state index contributed by atoms with van der Waals surface area (Å²) in [6, 6.07) is 8.15. The highest BCUT2D eigenvalue weighted by Crippen LogP contribution is 2.24. The van der Waals surface area contributed by atoms with Gasteiger partial charge in [-0.15, -0.1) is 0 Å². The fourth-order valence-corrected chi connectivity index (χ4v) is 2.21. The molecule has 2 aromatic rings. The number of rotatable bonds is 4. The van der Waals surface area contributed by atoms with Crippen LogP contribution in [0.25, 0.3) is 0 Å². The van der Waals surface area contributed by atoms with E-state index in [0.717, 1.165) is 16.8 Å². The molecule has 0 saturated heterocycles. The van der Waals surface area contributed by atoms with Gasteiger partial charge >= 0.3 is 0 Å². The molecule has 0 spiro atoms. The third-order valence-corrected chi connectivity index (χ3v) is 3.32. The number of aromatic nitrogens is 1. The molecule has 0 bridgehead atoms. The Hall–Kier alpha value is -1.49. The highest BCUT2D eigenvalue weighted by atomic mass is 35.5. The first-order chi connectivity index (χ1) is 9.10. The van der Waals surface area contributed by atoms with Gasteiger partial charge in [-0.1, -0.05) is 17.7 Å². The number of nitrogens with zero attached hydrogens (tertiary/aromatic N) is 1. The summed E-state index contributed by atoms with van der Waals surface area (Å²) in [4.78, 5) is 4.15. The van der Waals surface area contributed by atoms with E-state index in [-0.39, 0.29) is 11.9 Å². The summed E-state index contributed by atoms with van der Waals surface area (Å²) in [5.74, 6) is 5.25. The zero-order chi connectivity index (χ0) is 13.8. The molecule has 100 valence electrons. The molecule has 0 fully saturated rings. The van der Waals surface area contributed by atoms with Crippen LogP contribution in [0.4, 0.5) is 4.39 Å². The van der Waals surface area contributed by atoms with E-state index in [0.29, 0.717) is 11.4 Å². The van der Waals surface area contributed by atoms with Crippen LogP contribution in [0.15, 0.2) is 36.5 Å². The number of aryl methyl sites for hydroxylation is 1. The van der Waals surface area contributed by atoms with Crippen molar-refractivity contribution in [1.82, 2.24) is 10.4 Å². The minimum atomic E-state index is -0.342. The molecule has 0 radical (unpaired) electrons. The Morgan fingerprint density at radius 1 is 1.37 bits per heavy atom. The number of benzene rings is 1. The van der Waals surface area contributed by atoms with Gasteiger partial charge in [0.15, 0.2) is 0 Å². The second kappa shape index (κ2) is 6.10. The van der Waals surface area contributed by atoms with Gasteiger partial charge in [0.1, 0.15) is 5.82 Å². The highest BCUT2D eigenvalue weighted by Gasteiger charge is 2.13. The summed E-state index contributed by atoms with van der Waals surface area (Å²) in [5, 5.41) is 0.408. The van der Waals surface area contributed by atoms with Crippen LogP contribution < -0.4 is 11.3 Å². The molecule has 5 heteroatoms. The Kier molecular flexibility index (Phi) is 4.47. The van der Waals surface area contributed by atoms with E-state index >= 15 is 0 Å². The Morgan fingerprint density at radius 2 is 2.16 bits per heavy atom. The number of pyridine rings is 1. The molecule has 2 rings (SSSR count). The predicted molar refractivity (Wildman–Crippen MR) is 74.2 cm³/mol. The topological polar surface area (TPSA) is 50.9 Å². The van der Waals surface area contributed by atoms with Gasteiger partial charge in [-0.2, -0.15) is 0 Å². The summed E-state index contributed by atoms with van der Waals surface area (Å²) in [6.45, 7) is 1.92. The fourth-order valence-electron chi connectivity index (χ4n) is 1.96. The first-order valence-electron chi connectivity index (χ1n) is 5.92. The van der Waals surface area contributed by atoms with Crippen molar-refractivity contribution in [2.75, 3.05) is 0 Å². The molecule has 1 aromatic carbocycles. The molecule has 0 saturated carbocycles. The van der Waals surface area contributed by atoms with Crippen molar-refractivity contribution in [3.63, 3.8) is 0 Å². The summed E-state index contributed by atoms with van der Waals surface area (Å²) in [5.41, 5.74) is 5.55. The Labute approximate surface area is 116 Å². The lowest BCUT2D eigenvalue weighted by atomic mass is 9.99. The number of halogens is 2. The molecule has 1 heterocycles. The van der Waals surface area contributed by atoms with Crippen LogP contribution >= 0.6 is 11.6 Å². The fraction of sp³-hybridized carbons (Fsp3) is 0.214. The number of nitrogens with two attached hydrogens (primary N) is 1. The Bertz CT molecular complexity index is 574. The molecule has 3 nitrogen and oxygen atoms in total. The maximum atomic E-state index is 13.0. The molecule has 3 N–H and O–H groups in total. The summed E-state index contributed by atoms with van der Waals surface area (Å²) < 4.78 is 13.0. The van der Waals surface area contributed by atoms with E-state index in [2.05, 4.69) is 10.4 Å². The maximum Gasteiger partial charge on any atom is 0.124 e. The zero-order valence-corrected chi connectivity index (χ0v) is 11.3. The van der Waals surface area contributed by atoms with E-state index in [1.165, 1.54) is 12.1 Å². The van der Waals surface area contributed by atoms with E-state index in [1.807, 2.05) is 19.1 Å². The molecule has 0 aliphatic rings. The monoisotopic (exact) mass is 279 g/mol. The lowest BCUT2D eigenvalue weighted by Gasteiger charge is -2.17. The van der Waals surface area contributed by atoms with Gasteiger partial charge in [0, 0.05) is 16.9 Å². The van der Waals surface area contributed by atoms with E-state index in [9.17, 15) is 4.39 Å². The van der Waals surface area contributed by atoms with Crippen molar-refractivity contribution >= 4 is 11.6 Å². The van der Waals surface area contributed by atoms with Crippen molar-refractivity contribution in [2.45, 2.75) is 19.4 Å². The number of nitrogens with one attached hydrogen (secondary N) is 1. The van der Waals surface area contributed by atoms with Crippen LogP contribution in [-0.2, 0) is 6.42 Å². The molecule has 19 heavy (non-hydrogen) atoms. The first kappa shape index (κ1) is 13.9. The van der Waals surface area contributed by atoms with Crippen LogP contribution in [-0.4, -0.2) is 4.98 Å². The second-order valence-electron chi connectivity index (χ2n) is 4.39. The van der Waals surface area contributed by atoms with Crippen LogP contribution in [0.5, 0.6) is 0 Å². The van der Waals surface area contributed by atoms with Crippen molar-refractivity contribution < 1.29 is 4.39 Å². The van der Waals surface area contributed by atoms with Gasteiger partial charge in [0.2, 0.25) is 0 Å². The minimum absolute atomic E-state index is 0.0929. The van der Waals surface area contributed by atoms with E-state index in [4.69, 9.17) is 17.4 Å². The first-order valence-corrected chi connectivity index (χ1v) is 6.30. The van der Waals surface area contributed by atoms with Gasteiger partial charge in [-0.25, -0.2) is 4.39 Å². The van der Waals surface area contributed by atoms with Gasteiger partial charge in [-0.3, -0.25) is 16.3 Å². The lowest BCUT2D eigenvalue weighted by Crippen LogP contribution is -2.29. The number of hydrazine groups is 1. The molecule has 1 unspecified atom stereocenters. The largest absolute Gasteiger partial charge is 0.271 e. The van der Waals surface area contributed by atoms with Crippen LogP contribution in [0.3, 0.4) is 0 Å². The van der Waals surface area contributed by atoms with E-state index < -0.39 is 0 Å². The Morgan fingerprint density at radius 3 is 2.79 bits per heavy atom. The third-order valence-electron chi connectivity index (χ3n) is 2.96. The van der Waals surface area contributed by atoms with Crippen LogP contribution in [0, 0.1) is 12.7 Å². The average Bonchev–Trinajstić information content (AvgIpc) is 2.38. The molecular weight excluding hydrogens is 265 g/mol. The van der Waals surface area contributed by atoms with Gasteiger partial charge < -0.3 is 0 Å². The minimum Gasteiger partial charge on any atom is -0.271 e. The van der Waals surface area contributed by atoms with Crippen molar-refractivity contribution in [2.24, 2.45) is 5.84 Å². The number of hydrogen-bond donors (Lipinski definition) is 2. The third kappa shape index (κ3) is 3.50. The van der Waals surface area contributed by atoms with Gasteiger partial charge in [-0.05, 0) is 48.7 Å². The molecule has 1 aromatic heterocycles. The normalized spacial score (nSPS) is 12.4. The predicted octanol–water partition coefficient (Wildman–Crippen LogP) is 2.93. The SMILES string of the molecule is Cc1cc(C(Cc2ccc(F)cc2Cl)NN)ccn1. The molecule has 0 amide bonds. The second-order valence-corrected chi connectivity index (χ2v) is 4.80. The smallest absolute Gasteiger partial charge is 0.124 e.